The number of nitrogens with one attached hydrogen (secondary N) is 1. The number of aromatic amines is 1. The van der Waals surface area contributed by atoms with E-state index in [2.05, 4.69) is 30.7 Å². The van der Waals surface area contributed by atoms with Gasteiger partial charge in [0.25, 0.3) is 0 Å². The molecular weight excluding hydrogens is 835 g/mol. The Morgan fingerprint density at radius 3 is 1.71 bits per heavy atom. The molecule has 0 aliphatic heterocycles. The highest BCUT2D eigenvalue weighted by Crippen LogP contribution is 2.35. The number of aromatic nitrogens is 2. The second-order valence-electron chi connectivity index (χ2n) is 4.87. The molecule has 0 saturated heterocycles. The molecule has 2 aromatic carbocycles. The molecule has 0 unspecified atom stereocenters. The van der Waals surface area contributed by atoms with Crippen LogP contribution < -0.4 is 0 Å². The third kappa shape index (κ3) is 13.5. The number of H-pyrrole nitrogens is 1. The minimum absolute atomic E-state index is 0.591. The van der Waals surface area contributed by atoms with Crippen molar-refractivity contribution in [3.05, 3.63) is 58.4 Å². The summed E-state index contributed by atoms with van der Waals surface area (Å²) in [4.78, 5) is 11.3. The molecule has 188 valence electrons. The fourth-order valence-corrected chi connectivity index (χ4v) is 38.2. The smallest absolute Gasteiger partial charge is 0.201 e. The number of para-hydroxylation sites is 2. The van der Waals surface area contributed by atoms with E-state index in [-0.39, 0.29) is 0 Å². The Labute approximate surface area is 263 Å². The Balaban J connectivity index is 0.000000248. The van der Waals surface area contributed by atoms with E-state index in [1.807, 2.05) is 36.4 Å². The molecule has 0 fully saturated rings. The summed E-state index contributed by atoms with van der Waals surface area (Å²) >= 11 is 12.9. The number of hydrogen-bond acceptors (Lipinski definition) is 3. The quantitative estimate of drug-likeness (QED) is 0.367. The number of hydrogen-bond donors (Lipinski definition) is 1. The van der Waals surface area contributed by atoms with Gasteiger partial charge in [-0.15, -0.1) is 0 Å². The van der Waals surface area contributed by atoms with Crippen molar-refractivity contribution in [2.45, 2.75) is 0 Å². The maximum Gasteiger partial charge on any atom is 0.201 e. The van der Waals surface area contributed by atoms with Gasteiger partial charge in [-0.2, -0.15) is 0 Å². The maximum absolute atomic E-state index is 7.12. The number of halogens is 1. The summed E-state index contributed by atoms with van der Waals surface area (Å²) in [5.74, 6) is 0.772. The molecule has 0 amide bonds. The van der Waals surface area contributed by atoms with Crippen LogP contribution in [0.1, 0.15) is 0 Å². The van der Waals surface area contributed by atoms with Gasteiger partial charge < -0.3 is 4.98 Å². The highest BCUT2D eigenvalue weighted by Gasteiger charge is 2.10. The van der Waals surface area contributed by atoms with Gasteiger partial charge in [-0.1, -0.05) is 46.3 Å². The average molecular weight is 843 g/mol. The molecule has 35 heavy (non-hydrogen) atoms. The second-order valence-corrected chi connectivity index (χ2v) is 32.2. The van der Waals surface area contributed by atoms with E-state index in [0.29, 0.717) is 5.69 Å². The summed E-state index contributed by atoms with van der Waals surface area (Å²) in [6.45, 7) is 7.12. The molecule has 0 bridgehead atoms. The predicted octanol–water partition coefficient (Wildman–Crippen LogP) is 4.50. The SMILES string of the molecule is S=S=S=S=S=S=S=S=S=S=S=S=S=S=S=S=S.[C-]#[N+]c1cccc(-c2nc3ccccc3[nH]2)c1Br. The molecule has 0 atom stereocenters. The molecule has 21 heteroatoms. The molecule has 3 aromatic rings. The molecule has 3 nitrogen and oxygen atoms in total. The van der Waals surface area contributed by atoms with E-state index in [4.69, 9.17) is 28.9 Å². The fraction of sp³-hybridized carbons (Fsp3) is 0. The van der Waals surface area contributed by atoms with Crippen LogP contribution in [0.3, 0.4) is 0 Å². The Morgan fingerprint density at radius 1 is 0.714 bits per heavy atom. The molecule has 0 saturated carbocycles. The molecule has 1 N–H and O–H groups in total. The van der Waals surface area contributed by atoms with E-state index >= 15 is 0 Å². The zero-order chi connectivity index (χ0) is 25.1. The standard InChI is InChI=1S/C14H8BrN3.S17/c1-16-12-8-4-5-9(13(12)15)14-17-10-6-2-3-7-11(10)18-14;1-3-5-7-9-11-13-15-17-16-14-12-10-8-6-4-2/h2-8H,(H,17,18);. The summed E-state index contributed by atoms with van der Waals surface area (Å²) in [6, 6.07) is 13.5. The first-order valence-corrected chi connectivity index (χ1v) is 30.2. The largest absolute Gasteiger partial charge is 0.338 e. The maximum atomic E-state index is 7.12. The Kier molecular flexibility index (Phi) is 20.1. The topological polar surface area (TPSA) is 33.0 Å². The van der Waals surface area contributed by atoms with E-state index in [9.17, 15) is 0 Å². The number of fused-ring (bicyclic) bond motifs is 1. The first-order valence-electron chi connectivity index (χ1n) is 8.07. The highest BCUT2D eigenvalue weighted by atomic mass is 79.9. The van der Waals surface area contributed by atoms with Crippen molar-refractivity contribution < 1.29 is 0 Å². The zero-order valence-corrected chi connectivity index (χ0v) is 31.7. The Hall–Kier alpha value is 1.62. The van der Waals surface area contributed by atoms with Crippen LogP contribution in [0.2, 0.25) is 0 Å². The van der Waals surface area contributed by atoms with Crippen LogP contribution in [0, 0.1) is 6.57 Å². The molecule has 1 aromatic heterocycles. The van der Waals surface area contributed by atoms with E-state index in [0.717, 1.165) is 26.9 Å². The fourth-order valence-electron chi connectivity index (χ4n) is 2.02. The zero-order valence-electron chi connectivity index (χ0n) is 16.3. The van der Waals surface area contributed by atoms with Gasteiger partial charge in [0, 0.05) is 166 Å². The lowest BCUT2D eigenvalue weighted by atomic mass is 10.2. The number of benzene rings is 2. The van der Waals surface area contributed by atoms with Crippen LogP contribution in [-0.4, -0.2) is 9.97 Å². The van der Waals surface area contributed by atoms with Gasteiger partial charge in [-0.05, 0) is 12.1 Å². The van der Waals surface area contributed by atoms with Crippen LogP contribution in [0.25, 0.3) is 27.3 Å². The molecule has 0 aliphatic rings. The minimum atomic E-state index is 0.591. The summed E-state index contributed by atoms with van der Waals surface area (Å²) in [5.41, 5.74) is 3.41. The first-order chi connectivity index (χ1) is 17.2. The van der Waals surface area contributed by atoms with Crippen molar-refractivity contribution in [3.63, 3.8) is 0 Å². The van der Waals surface area contributed by atoms with Crippen molar-refractivity contribution in [2.75, 3.05) is 0 Å². The third-order valence-corrected chi connectivity index (χ3v) is 35.1. The lowest BCUT2D eigenvalue weighted by molar-refractivity contribution is 1.33. The van der Waals surface area contributed by atoms with Crippen LogP contribution in [-0.2, 0) is 156 Å². The molecule has 1 heterocycles. The van der Waals surface area contributed by atoms with Crippen LogP contribution in [0.15, 0.2) is 46.9 Å². The van der Waals surface area contributed by atoms with Crippen LogP contribution in [0.4, 0.5) is 5.69 Å². The van der Waals surface area contributed by atoms with Gasteiger partial charge >= 0.3 is 0 Å². The van der Waals surface area contributed by atoms with Crippen molar-refractivity contribution in [1.82, 2.24) is 9.97 Å². The van der Waals surface area contributed by atoms with E-state index in [1.54, 1.807) is 122 Å². The Morgan fingerprint density at radius 2 is 1.23 bits per heavy atom. The Bertz CT molecular complexity index is 1810. The molecule has 0 spiro atoms. The van der Waals surface area contributed by atoms with Gasteiger partial charge in [0.2, 0.25) is 5.69 Å². The van der Waals surface area contributed by atoms with Gasteiger partial charge in [0.15, 0.2) is 0 Å². The average Bonchev–Trinajstić information content (AvgIpc) is 3.31. The summed E-state index contributed by atoms with van der Waals surface area (Å²) in [6.07, 6.45) is 0. The lowest BCUT2D eigenvalue weighted by Gasteiger charge is -2.02. The van der Waals surface area contributed by atoms with E-state index < -0.39 is 0 Å². The van der Waals surface area contributed by atoms with Gasteiger partial charge in [-0.3, -0.25) is 0 Å². The number of imidazole rings is 1. The molecule has 0 aliphatic carbocycles. The summed E-state index contributed by atoms with van der Waals surface area (Å²) in [5, 5.41) is 0. The normalized spacial score (nSPS) is 8.91. The molecular formula is C14H8BrN3S17. The molecule has 3 rings (SSSR count). The minimum Gasteiger partial charge on any atom is -0.338 e. The highest BCUT2D eigenvalue weighted by molar-refractivity contribution is 9.10. The van der Waals surface area contributed by atoms with E-state index in [1.165, 1.54) is 17.8 Å². The van der Waals surface area contributed by atoms with Crippen LogP contribution >= 0.6 is 15.9 Å². The summed E-state index contributed by atoms with van der Waals surface area (Å²) in [7, 11) is 25.4. The third-order valence-electron chi connectivity index (χ3n) is 3.13. The second kappa shape index (κ2) is 21.4. The monoisotopic (exact) mass is 841 g/mol. The molecule has 0 radical (unpaired) electrons. The van der Waals surface area contributed by atoms with Gasteiger partial charge in [0.1, 0.15) is 5.82 Å². The summed E-state index contributed by atoms with van der Waals surface area (Å²) < 4.78 is 0.777. The van der Waals surface area contributed by atoms with Gasteiger partial charge in [-0.25, -0.2) is 9.83 Å². The van der Waals surface area contributed by atoms with Crippen molar-refractivity contribution in [1.29, 1.82) is 0 Å². The van der Waals surface area contributed by atoms with Crippen molar-refractivity contribution in [2.24, 2.45) is 0 Å². The number of rotatable bonds is 1. The van der Waals surface area contributed by atoms with Crippen molar-refractivity contribution >= 4 is 188 Å². The predicted molar refractivity (Wildman–Crippen MR) is 201 cm³/mol. The lowest BCUT2D eigenvalue weighted by Crippen LogP contribution is -1.82. The van der Waals surface area contributed by atoms with Gasteiger partial charge in [0.05, 0.1) is 17.6 Å². The van der Waals surface area contributed by atoms with Crippen LogP contribution in [0.5, 0.6) is 0 Å². The number of nitrogens with zero attached hydrogens (tertiary/aromatic N) is 2. The van der Waals surface area contributed by atoms with Crippen molar-refractivity contribution in [3.8, 4) is 11.4 Å². The first kappa shape index (κ1) is 32.8.